The van der Waals surface area contributed by atoms with Crippen LogP contribution < -0.4 is 70.4 Å². The van der Waals surface area contributed by atoms with Crippen molar-refractivity contribution in [2.24, 2.45) is 29.0 Å². The van der Waals surface area contributed by atoms with Crippen LogP contribution in [0.25, 0.3) is 0 Å². The molecule has 7 rings (SSSR count). The largest absolute Gasteiger partial charge is 0.394 e. The first-order valence-corrected chi connectivity index (χ1v) is 39.4. The molecule has 0 spiro atoms. The zero-order valence-corrected chi connectivity index (χ0v) is 65.5. The van der Waals surface area contributed by atoms with E-state index in [9.17, 15) is 58.5 Å². The summed E-state index contributed by atoms with van der Waals surface area (Å²) in [5.41, 5.74) is 19.0. The highest BCUT2D eigenvalue weighted by Gasteiger charge is 2.47. The van der Waals surface area contributed by atoms with Gasteiger partial charge in [0.1, 0.15) is 84.8 Å². The first-order chi connectivity index (χ1) is 54.5. The Hall–Kier alpha value is -10.3. The maximum absolute atomic E-state index is 15.3. The Bertz CT molecular complexity index is 3840. The monoisotopic (exact) mass is 1590 g/mol. The number of rotatable bonds is 32. The summed E-state index contributed by atoms with van der Waals surface area (Å²) in [6.07, 6.45) is -1.52. The Morgan fingerprint density at radius 2 is 1.06 bits per heavy atom. The van der Waals surface area contributed by atoms with Crippen molar-refractivity contribution in [3.05, 3.63) is 120 Å². The Morgan fingerprint density at radius 3 is 1.62 bits per heavy atom. The van der Waals surface area contributed by atoms with Crippen LogP contribution in [0.4, 0.5) is 0 Å². The van der Waals surface area contributed by atoms with E-state index in [1.807, 2.05) is 13.8 Å². The highest BCUT2D eigenvalue weighted by Crippen LogP contribution is 2.25. The maximum atomic E-state index is 15.3. The van der Waals surface area contributed by atoms with Gasteiger partial charge < -0.3 is 100 Å². The van der Waals surface area contributed by atoms with Gasteiger partial charge in [-0.15, -0.1) is 5.10 Å². The number of amides is 13. The number of aliphatic hydroxyl groups excluding tert-OH is 3. The van der Waals surface area contributed by atoms with Crippen molar-refractivity contribution >= 4 is 76.8 Å². The molecule has 624 valence electrons. The Labute approximate surface area is 663 Å². The van der Waals surface area contributed by atoms with Gasteiger partial charge in [-0.1, -0.05) is 163 Å². The highest BCUT2D eigenvalue weighted by molar-refractivity contribution is 6.01. The molecule has 35 nitrogen and oxygen atoms in total. The number of nitrogens with one attached hydrogen (secondary N) is 10. The van der Waals surface area contributed by atoms with E-state index >= 15 is 19.2 Å². The Balaban J connectivity index is 1.27. The standard InChI is InChI=1S/C79H115N17O18/c1-6-7-8-9-10-20-31-64(100)91-66-68(102)67(101)61(45-97)114-79(66)113-37-36-95-44-51(93-94-95)42-57-75(109)92-65(47(4)5)77(111)84-52(29-21-34-80)69(103)85-54(38-46(2)3)71(105)90-59(41-50-27-18-13-19-28-50)78(112)96-35-22-30-60(96)76(110)89-56(40-49-25-16-12-17-26-49)73(107)86-55(39-48-23-14-11-15-24-48)72(106)88-58(43-63(82)99)74(108)83-53(70(104)87-57)32-33-62(81)98/h11-19,23-28,44,46-47,52-61,65-68,79,97,101-102H,6-10,20-22,29-43,45,80H2,1-5H3,(H2,81,98)(H2,82,99)(H,83,108)(H,84,111)(H,85,103)(H,86,107)(H,87,104)(H,88,106)(H,89,110)(H,90,105)(H,91,100)(H,92,109)/t52-,53-,54-,55+,56-,57-,58-,59+,60-,61+,65-,66+,67+,68+,79+/m0/s1. The van der Waals surface area contributed by atoms with Gasteiger partial charge in [0.2, 0.25) is 76.8 Å². The van der Waals surface area contributed by atoms with E-state index in [0.717, 1.165) is 32.1 Å². The molecule has 4 heterocycles. The number of aromatic nitrogens is 3. The van der Waals surface area contributed by atoms with Crippen LogP contribution >= 0.6 is 0 Å². The molecule has 3 fully saturated rings. The van der Waals surface area contributed by atoms with Crippen LogP contribution in [0.2, 0.25) is 0 Å². The number of carbonyl (C=O) groups is 13. The second-order valence-corrected chi connectivity index (χ2v) is 30.1. The fraction of sp³-hybridized carbons (Fsp3) is 0.582. The fourth-order valence-corrected chi connectivity index (χ4v) is 13.8. The third-order valence-electron chi connectivity index (χ3n) is 20.0. The predicted molar refractivity (Wildman–Crippen MR) is 415 cm³/mol. The molecule has 0 aliphatic carbocycles. The number of nitrogens with two attached hydrogens (primary N) is 3. The molecular formula is C79H115N17O18. The molecule has 35 heteroatoms. The first-order valence-electron chi connectivity index (χ1n) is 39.4. The SMILES string of the molecule is CCCCCCCCC(=O)N[C@H]1[C@H](OCCn2cc(C[C@@H]3NC(=O)[C@H](CCC(N)=O)NC(=O)[C@H](CC(N)=O)NC(=O)[C@@H](Cc4ccccc4)NC(=O)[C@H](Cc4ccccc4)NC(=O)[C@@H]4CCCN4C(=O)[C@@H](Cc4ccccc4)NC(=O)[C@H](CC(C)C)NC(=O)[C@H](CCCN)NC(=O)[C@H](C(C)C)NC3=O)nn2)O[C@H](CO)[C@@H](O)[C@@H]1O. The molecule has 3 aliphatic rings. The number of carbonyl (C=O) groups excluding carboxylic acids is 13. The summed E-state index contributed by atoms with van der Waals surface area (Å²) in [5, 5.41) is 67.4. The molecule has 15 atom stereocenters. The number of nitrogens with zero attached hydrogens (tertiary/aromatic N) is 4. The predicted octanol–water partition coefficient (Wildman–Crippen LogP) is -1.81. The molecule has 19 N–H and O–H groups in total. The molecule has 13 amide bonds. The van der Waals surface area contributed by atoms with E-state index in [0.29, 0.717) is 29.5 Å². The molecule has 1 aromatic heterocycles. The third kappa shape index (κ3) is 28.6. The van der Waals surface area contributed by atoms with E-state index in [1.165, 1.54) is 15.8 Å². The van der Waals surface area contributed by atoms with Gasteiger partial charge >= 0.3 is 0 Å². The van der Waals surface area contributed by atoms with Crippen molar-refractivity contribution in [1.29, 1.82) is 0 Å². The average molecular weight is 1590 g/mol. The second kappa shape index (κ2) is 46.1. The molecule has 3 aliphatic heterocycles. The topological polar surface area (TPSA) is 533 Å². The molecule has 3 saturated heterocycles. The number of hydrogen-bond acceptors (Lipinski definition) is 21. The van der Waals surface area contributed by atoms with Crippen LogP contribution in [-0.4, -0.2) is 229 Å². The lowest BCUT2D eigenvalue weighted by atomic mass is 9.96. The zero-order valence-electron chi connectivity index (χ0n) is 65.5. The lowest BCUT2D eigenvalue weighted by Crippen LogP contribution is -2.64. The van der Waals surface area contributed by atoms with Gasteiger partial charge in [-0.2, -0.15) is 0 Å². The summed E-state index contributed by atoms with van der Waals surface area (Å²) < 4.78 is 13.1. The van der Waals surface area contributed by atoms with Crippen molar-refractivity contribution < 1.29 is 87.1 Å². The van der Waals surface area contributed by atoms with Crippen molar-refractivity contribution in [3.8, 4) is 0 Å². The highest BCUT2D eigenvalue weighted by atomic mass is 16.7. The van der Waals surface area contributed by atoms with Crippen molar-refractivity contribution in [3.63, 3.8) is 0 Å². The summed E-state index contributed by atoms with van der Waals surface area (Å²) in [6.45, 7) is 7.86. The number of hydrogen-bond donors (Lipinski definition) is 16. The van der Waals surface area contributed by atoms with Gasteiger partial charge in [-0.3, -0.25) is 62.3 Å². The fourth-order valence-electron chi connectivity index (χ4n) is 13.8. The lowest BCUT2D eigenvalue weighted by molar-refractivity contribution is -0.270. The normalized spacial score (nSPS) is 25.7. The zero-order chi connectivity index (χ0) is 83.0. The van der Waals surface area contributed by atoms with Crippen LogP contribution in [0.3, 0.4) is 0 Å². The van der Waals surface area contributed by atoms with E-state index in [-0.39, 0.29) is 89.2 Å². The molecule has 0 unspecified atom stereocenters. The first kappa shape index (κ1) is 90.9. The molecular weight excluding hydrogens is 1470 g/mol. The summed E-state index contributed by atoms with van der Waals surface area (Å²) in [4.78, 5) is 190. The smallest absolute Gasteiger partial charge is 0.246 e. The minimum Gasteiger partial charge on any atom is -0.394 e. The minimum atomic E-state index is -1.92. The Morgan fingerprint density at radius 1 is 0.570 bits per heavy atom. The summed E-state index contributed by atoms with van der Waals surface area (Å²) in [6, 6.07) is 9.03. The van der Waals surface area contributed by atoms with Gasteiger partial charge in [0, 0.05) is 51.3 Å². The summed E-state index contributed by atoms with van der Waals surface area (Å²) >= 11 is 0. The molecule has 4 aromatic rings. The quantitative estimate of drug-likeness (QED) is 0.0240. The maximum Gasteiger partial charge on any atom is 0.246 e. The molecule has 0 radical (unpaired) electrons. The number of primary amides is 2. The third-order valence-corrected chi connectivity index (χ3v) is 20.0. The molecule has 0 bridgehead atoms. The number of unbranched alkanes of at least 4 members (excludes halogenated alkanes) is 5. The Kier molecular flexibility index (Phi) is 36.8. The number of fused-ring (bicyclic) bond motifs is 1. The van der Waals surface area contributed by atoms with Gasteiger partial charge in [-0.05, 0) is 80.0 Å². The van der Waals surface area contributed by atoms with Gasteiger partial charge in [0.15, 0.2) is 6.29 Å². The van der Waals surface area contributed by atoms with Gasteiger partial charge in [-0.25, -0.2) is 4.68 Å². The van der Waals surface area contributed by atoms with Crippen LogP contribution in [0.1, 0.15) is 153 Å². The van der Waals surface area contributed by atoms with E-state index < -0.39 is 206 Å². The van der Waals surface area contributed by atoms with Crippen LogP contribution in [0.15, 0.2) is 97.2 Å². The average Bonchev–Trinajstić information content (AvgIpc) is 1.40. The lowest BCUT2D eigenvalue weighted by Gasteiger charge is -2.42. The van der Waals surface area contributed by atoms with Gasteiger partial charge in [0.25, 0.3) is 0 Å². The van der Waals surface area contributed by atoms with Crippen LogP contribution in [-0.2, 0) is 104 Å². The van der Waals surface area contributed by atoms with E-state index in [4.69, 9.17) is 26.7 Å². The summed E-state index contributed by atoms with van der Waals surface area (Å²) in [5.74, 6) is -12.9. The van der Waals surface area contributed by atoms with Crippen LogP contribution in [0, 0.1) is 11.8 Å². The van der Waals surface area contributed by atoms with E-state index in [2.05, 4.69) is 70.4 Å². The second-order valence-electron chi connectivity index (χ2n) is 30.1. The molecule has 114 heavy (non-hydrogen) atoms. The van der Waals surface area contributed by atoms with E-state index in [1.54, 1.807) is 105 Å². The molecule has 0 saturated carbocycles. The van der Waals surface area contributed by atoms with Crippen molar-refractivity contribution in [2.75, 3.05) is 26.3 Å². The van der Waals surface area contributed by atoms with Crippen LogP contribution in [0.5, 0.6) is 0 Å². The minimum absolute atomic E-state index is 0.00757. The van der Waals surface area contributed by atoms with Crippen molar-refractivity contribution in [1.82, 2.24) is 73.1 Å². The molecule has 3 aromatic carbocycles. The number of ether oxygens (including phenoxy) is 2. The summed E-state index contributed by atoms with van der Waals surface area (Å²) in [7, 11) is 0. The number of aliphatic hydroxyl groups is 3. The number of benzene rings is 3. The van der Waals surface area contributed by atoms with Crippen molar-refractivity contribution in [2.45, 2.75) is 254 Å². The van der Waals surface area contributed by atoms with Gasteiger partial charge in [0.05, 0.1) is 31.9 Å².